The van der Waals surface area contributed by atoms with E-state index in [1.54, 1.807) is 0 Å². The standard InChI is InChI=1S/C12H23NO2/c1-9(2)7-12(8-13,11(14)15)6-5-10-3-4-10/h9-10H,3-8,13H2,1-2H3,(H,14,15). The Morgan fingerprint density at radius 3 is 2.47 bits per heavy atom. The lowest BCUT2D eigenvalue weighted by Crippen LogP contribution is -2.40. The Bertz CT molecular complexity index is 224. The topological polar surface area (TPSA) is 63.3 Å². The van der Waals surface area contributed by atoms with Crippen LogP contribution in [0.3, 0.4) is 0 Å². The van der Waals surface area contributed by atoms with Gasteiger partial charge in [-0.25, -0.2) is 0 Å². The molecule has 1 aliphatic carbocycles. The molecule has 3 nitrogen and oxygen atoms in total. The van der Waals surface area contributed by atoms with Crippen LogP contribution in [0.15, 0.2) is 0 Å². The first-order valence-electron chi connectivity index (χ1n) is 5.93. The van der Waals surface area contributed by atoms with Gasteiger partial charge in [-0.05, 0) is 31.1 Å². The van der Waals surface area contributed by atoms with Gasteiger partial charge >= 0.3 is 5.97 Å². The number of hydrogen-bond donors (Lipinski definition) is 2. The summed E-state index contributed by atoms with van der Waals surface area (Å²) in [4.78, 5) is 11.3. The second-order valence-corrected chi connectivity index (χ2v) is 5.37. The van der Waals surface area contributed by atoms with Crippen LogP contribution in [0.25, 0.3) is 0 Å². The summed E-state index contributed by atoms with van der Waals surface area (Å²) in [6.45, 7) is 4.39. The molecule has 0 spiro atoms. The third-order valence-electron chi connectivity index (χ3n) is 3.37. The number of carbonyl (C=O) groups is 1. The van der Waals surface area contributed by atoms with Crippen LogP contribution in [0.2, 0.25) is 0 Å². The van der Waals surface area contributed by atoms with E-state index in [-0.39, 0.29) is 6.54 Å². The Morgan fingerprint density at radius 2 is 2.13 bits per heavy atom. The number of rotatable bonds is 7. The third-order valence-corrected chi connectivity index (χ3v) is 3.37. The number of carboxylic acids is 1. The molecule has 3 heteroatoms. The van der Waals surface area contributed by atoms with Gasteiger partial charge in [0.2, 0.25) is 0 Å². The first kappa shape index (κ1) is 12.5. The summed E-state index contributed by atoms with van der Waals surface area (Å²) in [5.74, 6) is 0.464. The zero-order valence-electron chi connectivity index (χ0n) is 9.83. The van der Waals surface area contributed by atoms with Crippen molar-refractivity contribution in [1.82, 2.24) is 0 Å². The lowest BCUT2D eigenvalue weighted by atomic mass is 9.76. The fourth-order valence-electron chi connectivity index (χ4n) is 2.24. The van der Waals surface area contributed by atoms with Crippen LogP contribution >= 0.6 is 0 Å². The molecule has 1 unspecified atom stereocenters. The summed E-state index contributed by atoms with van der Waals surface area (Å²) in [7, 11) is 0. The zero-order chi connectivity index (χ0) is 11.5. The number of nitrogens with two attached hydrogens (primary N) is 1. The highest BCUT2D eigenvalue weighted by molar-refractivity contribution is 5.74. The molecule has 0 aliphatic heterocycles. The minimum atomic E-state index is -0.709. The predicted molar refractivity (Wildman–Crippen MR) is 60.5 cm³/mol. The van der Waals surface area contributed by atoms with Crippen molar-refractivity contribution in [2.45, 2.75) is 46.0 Å². The van der Waals surface area contributed by atoms with Crippen LogP contribution in [0.5, 0.6) is 0 Å². The number of aliphatic carboxylic acids is 1. The average molecular weight is 213 g/mol. The predicted octanol–water partition coefficient (Wildman–Crippen LogP) is 2.25. The molecule has 1 aliphatic rings. The van der Waals surface area contributed by atoms with Crippen molar-refractivity contribution in [2.24, 2.45) is 23.0 Å². The minimum absolute atomic E-state index is 0.271. The van der Waals surface area contributed by atoms with Gasteiger partial charge in [0.1, 0.15) is 0 Å². The third kappa shape index (κ3) is 3.49. The van der Waals surface area contributed by atoms with Gasteiger partial charge in [0, 0.05) is 6.54 Å². The molecule has 1 atom stereocenters. The van der Waals surface area contributed by atoms with Gasteiger partial charge < -0.3 is 10.8 Å². The van der Waals surface area contributed by atoms with Gasteiger partial charge in [-0.1, -0.05) is 26.7 Å². The molecule has 0 aromatic rings. The monoisotopic (exact) mass is 213 g/mol. The second kappa shape index (κ2) is 4.97. The molecule has 1 saturated carbocycles. The Labute approximate surface area is 92.0 Å². The summed E-state index contributed by atoms with van der Waals surface area (Å²) in [5, 5.41) is 9.33. The van der Waals surface area contributed by atoms with Crippen molar-refractivity contribution in [2.75, 3.05) is 6.54 Å². The highest BCUT2D eigenvalue weighted by Crippen LogP contribution is 2.39. The van der Waals surface area contributed by atoms with E-state index in [0.717, 1.165) is 18.8 Å². The zero-order valence-corrected chi connectivity index (χ0v) is 9.83. The lowest BCUT2D eigenvalue weighted by Gasteiger charge is -2.29. The molecular formula is C12H23NO2. The second-order valence-electron chi connectivity index (χ2n) is 5.37. The largest absolute Gasteiger partial charge is 0.481 e. The summed E-state index contributed by atoms with van der Waals surface area (Å²) < 4.78 is 0. The van der Waals surface area contributed by atoms with Crippen molar-refractivity contribution in [3.8, 4) is 0 Å². The van der Waals surface area contributed by atoms with E-state index in [9.17, 15) is 9.90 Å². The minimum Gasteiger partial charge on any atom is -0.481 e. The molecular weight excluding hydrogens is 190 g/mol. The first-order chi connectivity index (χ1) is 7.00. The van der Waals surface area contributed by atoms with E-state index in [0.29, 0.717) is 12.3 Å². The number of carboxylic acid groups (broad SMARTS) is 1. The van der Waals surface area contributed by atoms with Crippen molar-refractivity contribution >= 4 is 5.97 Å². The van der Waals surface area contributed by atoms with Crippen molar-refractivity contribution in [3.63, 3.8) is 0 Å². The quantitative estimate of drug-likeness (QED) is 0.681. The smallest absolute Gasteiger partial charge is 0.310 e. The Morgan fingerprint density at radius 1 is 1.53 bits per heavy atom. The Hall–Kier alpha value is -0.570. The van der Waals surface area contributed by atoms with Crippen LogP contribution in [0.1, 0.15) is 46.0 Å². The van der Waals surface area contributed by atoms with E-state index in [4.69, 9.17) is 5.73 Å². The van der Waals surface area contributed by atoms with E-state index >= 15 is 0 Å². The molecule has 0 saturated heterocycles. The Kier molecular flexibility index (Phi) is 4.14. The van der Waals surface area contributed by atoms with Crippen molar-refractivity contribution in [1.29, 1.82) is 0 Å². The fourth-order valence-corrected chi connectivity index (χ4v) is 2.24. The van der Waals surface area contributed by atoms with Gasteiger partial charge in [-0.15, -0.1) is 0 Å². The van der Waals surface area contributed by atoms with Crippen LogP contribution in [-0.4, -0.2) is 17.6 Å². The molecule has 1 rings (SSSR count). The maximum absolute atomic E-state index is 11.3. The highest BCUT2D eigenvalue weighted by Gasteiger charge is 2.38. The van der Waals surface area contributed by atoms with Crippen LogP contribution in [-0.2, 0) is 4.79 Å². The fraction of sp³-hybridized carbons (Fsp3) is 0.917. The van der Waals surface area contributed by atoms with Crippen LogP contribution in [0, 0.1) is 17.3 Å². The maximum Gasteiger partial charge on any atom is 0.310 e. The van der Waals surface area contributed by atoms with E-state index in [1.165, 1.54) is 12.8 Å². The molecule has 0 aromatic carbocycles. The summed E-state index contributed by atoms with van der Waals surface area (Å²) in [6.07, 6.45) is 5.05. The van der Waals surface area contributed by atoms with E-state index in [2.05, 4.69) is 13.8 Å². The lowest BCUT2D eigenvalue weighted by molar-refractivity contribution is -0.150. The molecule has 3 N–H and O–H groups in total. The van der Waals surface area contributed by atoms with Crippen molar-refractivity contribution in [3.05, 3.63) is 0 Å². The van der Waals surface area contributed by atoms with E-state index in [1.807, 2.05) is 0 Å². The van der Waals surface area contributed by atoms with Gasteiger partial charge in [0.25, 0.3) is 0 Å². The van der Waals surface area contributed by atoms with Gasteiger partial charge in [0.15, 0.2) is 0 Å². The average Bonchev–Trinajstić information content (AvgIpc) is 2.94. The van der Waals surface area contributed by atoms with Crippen molar-refractivity contribution < 1.29 is 9.90 Å². The van der Waals surface area contributed by atoms with E-state index < -0.39 is 11.4 Å². The molecule has 15 heavy (non-hydrogen) atoms. The highest BCUT2D eigenvalue weighted by atomic mass is 16.4. The summed E-state index contributed by atoms with van der Waals surface area (Å²) >= 11 is 0. The molecule has 0 heterocycles. The number of hydrogen-bond acceptors (Lipinski definition) is 2. The molecule has 0 amide bonds. The molecule has 0 radical (unpaired) electrons. The summed E-state index contributed by atoms with van der Waals surface area (Å²) in [6, 6.07) is 0. The molecule has 0 bridgehead atoms. The molecule has 88 valence electrons. The first-order valence-corrected chi connectivity index (χ1v) is 5.93. The van der Waals surface area contributed by atoms with Gasteiger partial charge in [-0.2, -0.15) is 0 Å². The van der Waals surface area contributed by atoms with Gasteiger partial charge in [0.05, 0.1) is 5.41 Å². The SMILES string of the molecule is CC(C)CC(CN)(CCC1CC1)C(=O)O. The van der Waals surface area contributed by atoms with Crippen LogP contribution < -0.4 is 5.73 Å². The maximum atomic E-state index is 11.3. The Balaban J connectivity index is 2.57. The van der Waals surface area contributed by atoms with Gasteiger partial charge in [-0.3, -0.25) is 4.79 Å². The molecule has 0 aromatic heterocycles. The normalized spacial score (nSPS) is 20.3. The molecule has 1 fully saturated rings. The van der Waals surface area contributed by atoms with Crippen LogP contribution in [0.4, 0.5) is 0 Å². The summed E-state index contributed by atoms with van der Waals surface area (Å²) in [5.41, 5.74) is 5.01.